The van der Waals surface area contributed by atoms with Crippen LogP contribution in [0.4, 0.5) is 0 Å². The Labute approximate surface area is 90.3 Å². The number of nitrogens with one attached hydrogen (secondary N) is 1. The Morgan fingerprint density at radius 2 is 2.14 bits per heavy atom. The molecule has 1 N–H and O–H groups in total. The lowest BCUT2D eigenvalue weighted by Gasteiger charge is -2.06. The third-order valence-corrected chi connectivity index (χ3v) is 3.59. The number of hydrogen-bond donors (Lipinski definition) is 1. The summed E-state index contributed by atoms with van der Waals surface area (Å²) in [4.78, 5) is 1.41. The monoisotopic (exact) mass is 207 g/mol. The van der Waals surface area contributed by atoms with E-state index in [0.29, 0.717) is 0 Å². The molecule has 1 nitrogen and oxygen atoms in total. The Balaban J connectivity index is 1.87. The van der Waals surface area contributed by atoms with Crippen LogP contribution in [0.15, 0.2) is 23.1 Å². The topological polar surface area (TPSA) is 12.0 Å². The molecule has 1 aliphatic rings. The molecule has 1 aromatic rings. The molecule has 1 fully saturated rings. The van der Waals surface area contributed by atoms with Crippen LogP contribution in [-0.4, -0.2) is 11.9 Å². The van der Waals surface area contributed by atoms with Crippen LogP contribution < -0.4 is 5.32 Å². The van der Waals surface area contributed by atoms with Gasteiger partial charge in [-0.25, -0.2) is 0 Å². The maximum absolute atomic E-state index is 3.51. The minimum atomic E-state index is 0.813. The van der Waals surface area contributed by atoms with E-state index in [1.807, 2.05) is 11.8 Å². The van der Waals surface area contributed by atoms with Crippen molar-refractivity contribution >= 4 is 11.8 Å². The molecule has 0 saturated heterocycles. The van der Waals surface area contributed by atoms with Crippen molar-refractivity contribution in [1.29, 1.82) is 0 Å². The van der Waals surface area contributed by atoms with Gasteiger partial charge in [0.15, 0.2) is 0 Å². The Morgan fingerprint density at radius 1 is 1.36 bits per heavy atom. The van der Waals surface area contributed by atoms with Crippen molar-refractivity contribution in [2.24, 2.45) is 0 Å². The minimum Gasteiger partial charge on any atom is -0.305 e. The van der Waals surface area contributed by atoms with Gasteiger partial charge in [-0.2, -0.15) is 0 Å². The quantitative estimate of drug-likeness (QED) is 0.601. The molecule has 14 heavy (non-hydrogen) atoms. The Morgan fingerprint density at radius 3 is 2.79 bits per heavy atom. The molecule has 0 amide bonds. The predicted octanol–water partition coefficient (Wildman–Crippen LogP) is 3.11. The summed E-state index contributed by atoms with van der Waals surface area (Å²) in [7, 11) is 0. The minimum absolute atomic E-state index is 0.813. The van der Waals surface area contributed by atoms with Gasteiger partial charge in [0.2, 0.25) is 0 Å². The molecule has 2 heteroatoms. The highest BCUT2D eigenvalue weighted by Gasteiger charge is 2.19. The van der Waals surface area contributed by atoms with E-state index >= 15 is 0 Å². The lowest BCUT2D eigenvalue weighted by atomic mass is 10.2. The van der Waals surface area contributed by atoms with Crippen LogP contribution in [0, 0.1) is 13.8 Å². The van der Waals surface area contributed by atoms with Gasteiger partial charge in [0.1, 0.15) is 0 Å². The second kappa shape index (κ2) is 4.37. The van der Waals surface area contributed by atoms with Gasteiger partial charge in [-0.05, 0) is 38.3 Å². The molecular weight excluding hydrogens is 190 g/mol. The maximum atomic E-state index is 3.51. The zero-order chi connectivity index (χ0) is 9.97. The molecule has 1 aliphatic carbocycles. The van der Waals surface area contributed by atoms with E-state index in [4.69, 9.17) is 0 Å². The van der Waals surface area contributed by atoms with E-state index in [-0.39, 0.29) is 0 Å². The molecule has 0 heterocycles. The van der Waals surface area contributed by atoms with Crippen LogP contribution in [0.5, 0.6) is 0 Å². The molecule has 0 atom stereocenters. The largest absolute Gasteiger partial charge is 0.305 e. The van der Waals surface area contributed by atoms with Crippen molar-refractivity contribution in [3.8, 4) is 0 Å². The lowest BCUT2D eigenvalue weighted by Crippen LogP contribution is -2.14. The number of rotatable bonds is 4. The third-order valence-electron chi connectivity index (χ3n) is 2.51. The molecule has 2 rings (SSSR count). The van der Waals surface area contributed by atoms with E-state index in [1.54, 1.807) is 0 Å². The Kier molecular flexibility index (Phi) is 3.14. The van der Waals surface area contributed by atoms with Crippen molar-refractivity contribution < 1.29 is 0 Å². The van der Waals surface area contributed by atoms with Crippen molar-refractivity contribution in [3.63, 3.8) is 0 Å². The molecule has 76 valence electrons. The summed E-state index contributed by atoms with van der Waals surface area (Å²) < 4.78 is 0. The summed E-state index contributed by atoms with van der Waals surface area (Å²) in [5.41, 5.74) is 2.74. The first kappa shape index (κ1) is 10.1. The fourth-order valence-electron chi connectivity index (χ4n) is 1.49. The van der Waals surface area contributed by atoms with E-state index in [2.05, 4.69) is 37.4 Å². The highest BCUT2D eigenvalue weighted by molar-refractivity contribution is 7.99. The van der Waals surface area contributed by atoms with Gasteiger partial charge in [-0.1, -0.05) is 17.7 Å². The second-order valence-corrected chi connectivity index (χ2v) is 5.05. The molecular formula is C12H17NS. The molecule has 0 aliphatic heterocycles. The van der Waals surface area contributed by atoms with Crippen molar-refractivity contribution in [2.75, 3.05) is 5.88 Å². The van der Waals surface area contributed by atoms with Gasteiger partial charge in [0.25, 0.3) is 0 Å². The standard InChI is InChI=1S/C12H17NS/c1-9-3-6-12(10(2)7-9)14-8-13-11-4-5-11/h3,6-7,11,13H,4-5,8H2,1-2H3. The molecule has 0 bridgehead atoms. The summed E-state index contributed by atoms with van der Waals surface area (Å²) in [6, 6.07) is 7.48. The number of benzene rings is 1. The molecule has 1 aromatic carbocycles. The Hall–Kier alpha value is -0.470. The van der Waals surface area contributed by atoms with Crippen LogP contribution >= 0.6 is 11.8 Å². The first-order chi connectivity index (χ1) is 6.75. The lowest BCUT2D eigenvalue weighted by molar-refractivity contribution is 0.789. The summed E-state index contributed by atoms with van der Waals surface area (Å²) in [6.45, 7) is 4.33. The third kappa shape index (κ3) is 2.76. The predicted molar refractivity (Wildman–Crippen MR) is 62.8 cm³/mol. The molecule has 1 saturated carbocycles. The van der Waals surface area contributed by atoms with Crippen LogP contribution in [0.1, 0.15) is 24.0 Å². The second-order valence-electron chi connectivity index (χ2n) is 4.04. The average Bonchev–Trinajstić information content (AvgIpc) is 2.92. The zero-order valence-electron chi connectivity index (χ0n) is 8.84. The van der Waals surface area contributed by atoms with Crippen LogP contribution in [0.2, 0.25) is 0 Å². The number of hydrogen-bond acceptors (Lipinski definition) is 2. The number of thioether (sulfide) groups is 1. The van der Waals surface area contributed by atoms with Crippen molar-refractivity contribution in [3.05, 3.63) is 29.3 Å². The number of aryl methyl sites for hydroxylation is 2. The first-order valence-corrected chi connectivity index (χ1v) is 6.18. The summed E-state index contributed by atoms with van der Waals surface area (Å²) in [5.74, 6) is 1.05. The maximum Gasteiger partial charge on any atom is 0.0468 e. The van der Waals surface area contributed by atoms with Gasteiger partial charge >= 0.3 is 0 Å². The van der Waals surface area contributed by atoms with E-state index in [0.717, 1.165) is 11.9 Å². The van der Waals surface area contributed by atoms with Crippen LogP contribution in [0.3, 0.4) is 0 Å². The van der Waals surface area contributed by atoms with Crippen LogP contribution in [0.25, 0.3) is 0 Å². The van der Waals surface area contributed by atoms with Gasteiger partial charge in [-0.15, -0.1) is 11.8 Å². The highest BCUT2D eigenvalue weighted by Crippen LogP contribution is 2.24. The highest BCUT2D eigenvalue weighted by atomic mass is 32.2. The smallest absolute Gasteiger partial charge is 0.0468 e. The van der Waals surface area contributed by atoms with Gasteiger partial charge in [-0.3, -0.25) is 0 Å². The summed E-state index contributed by atoms with van der Waals surface area (Å²) in [5, 5.41) is 3.51. The fourth-order valence-corrected chi connectivity index (χ4v) is 2.41. The normalized spacial score (nSPS) is 15.9. The van der Waals surface area contributed by atoms with Gasteiger partial charge in [0.05, 0.1) is 0 Å². The van der Waals surface area contributed by atoms with E-state index in [1.165, 1.54) is 28.9 Å². The van der Waals surface area contributed by atoms with Gasteiger partial charge < -0.3 is 5.32 Å². The first-order valence-electron chi connectivity index (χ1n) is 5.19. The average molecular weight is 207 g/mol. The summed E-state index contributed by atoms with van der Waals surface area (Å²) >= 11 is 1.91. The van der Waals surface area contributed by atoms with E-state index < -0.39 is 0 Å². The molecule has 0 spiro atoms. The van der Waals surface area contributed by atoms with Crippen molar-refractivity contribution in [1.82, 2.24) is 5.32 Å². The molecule has 0 radical (unpaired) electrons. The fraction of sp³-hybridized carbons (Fsp3) is 0.500. The Bertz CT molecular complexity index is 318. The van der Waals surface area contributed by atoms with Crippen LogP contribution in [-0.2, 0) is 0 Å². The van der Waals surface area contributed by atoms with E-state index in [9.17, 15) is 0 Å². The molecule has 0 unspecified atom stereocenters. The SMILES string of the molecule is Cc1ccc(SCNC2CC2)c(C)c1. The van der Waals surface area contributed by atoms with Crippen molar-refractivity contribution in [2.45, 2.75) is 37.6 Å². The zero-order valence-corrected chi connectivity index (χ0v) is 9.66. The summed E-state index contributed by atoms with van der Waals surface area (Å²) in [6.07, 6.45) is 2.74. The van der Waals surface area contributed by atoms with Gasteiger partial charge in [0, 0.05) is 16.8 Å². The molecule has 0 aromatic heterocycles.